The lowest BCUT2D eigenvalue weighted by atomic mass is 10.0. The number of aromatic nitrogens is 3. The van der Waals surface area contributed by atoms with Gasteiger partial charge in [0.2, 0.25) is 5.91 Å². The number of benzene rings is 1. The SMILES string of the molecule is CN(c1cccnn1)C1CCN(C(=O)Cc2ccc(-n3cccc3)cc2)CC1. The second kappa shape index (κ2) is 8.25. The number of amides is 1. The zero-order valence-electron chi connectivity index (χ0n) is 16.1. The Balaban J connectivity index is 1.30. The van der Waals surface area contributed by atoms with E-state index in [9.17, 15) is 4.79 Å². The molecule has 0 unspecified atom stereocenters. The monoisotopic (exact) mass is 375 g/mol. The van der Waals surface area contributed by atoms with Gasteiger partial charge in [0.15, 0.2) is 5.82 Å². The Bertz CT molecular complexity index is 884. The molecule has 1 aliphatic rings. The van der Waals surface area contributed by atoms with Crippen LogP contribution in [-0.4, -0.2) is 51.8 Å². The fourth-order valence-electron chi connectivity index (χ4n) is 3.75. The van der Waals surface area contributed by atoms with Gasteiger partial charge in [-0.1, -0.05) is 12.1 Å². The molecule has 2 aromatic heterocycles. The van der Waals surface area contributed by atoms with E-state index in [-0.39, 0.29) is 5.91 Å². The molecule has 0 atom stereocenters. The first kappa shape index (κ1) is 18.2. The van der Waals surface area contributed by atoms with Gasteiger partial charge >= 0.3 is 0 Å². The van der Waals surface area contributed by atoms with Crippen LogP contribution in [0.3, 0.4) is 0 Å². The third-order valence-electron chi connectivity index (χ3n) is 5.48. The van der Waals surface area contributed by atoms with E-state index >= 15 is 0 Å². The predicted molar refractivity (Wildman–Crippen MR) is 110 cm³/mol. The molecule has 1 saturated heterocycles. The van der Waals surface area contributed by atoms with Gasteiger partial charge in [-0.3, -0.25) is 4.79 Å². The molecule has 0 aliphatic carbocycles. The molecule has 3 aromatic rings. The number of hydrogen-bond donors (Lipinski definition) is 0. The van der Waals surface area contributed by atoms with Crippen LogP contribution in [0.2, 0.25) is 0 Å². The van der Waals surface area contributed by atoms with Gasteiger partial charge in [-0.25, -0.2) is 0 Å². The Morgan fingerprint density at radius 1 is 1.07 bits per heavy atom. The summed E-state index contributed by atoms with van der Waals surface area (Å²) in [4.78, 5) is 16.9. The van der Waals surface area contributed by atoms with E-state index in [2.05, 4.69) is 38.8 Å². The van der Waals surface area contributed by atoms with Crippen molar-refractivity contribution in [2.45, 2.75) is 25.3 Å². The molecule has 0 saturated carbocycles. The molecule has 1 aromatic carbocycles. The smallest absolute Gasteiger partial charge is 0.226 e. The van der Waals surface area contributed by atoms with Crippen molar-refractivity contribution in [2.24, 2.45) is 0 Å². The molecule has 4 rings (SSSR count). The topological polar surface area (TPSA) is 54.3 Å². The minimum atomic E-state index is 0.203. The van der Waals surface area contributed by atoms with E-state index < -0.39 is 0 Å². The van der Waals surface area contributed by atoms with E-state index in [1.165, 1.54) is 0 Å². The molecule has 28 heavy (non-hydrogen) atoms. The summed E-state index contributed by atoms with van der Waals surface area (Å²) in [7, 11) is 2.05. The summed E-state index contributed by atoms with van der Waals surface area (Å²) in [6, 6.07) is 16.5. The van der Waals surface area contributed by atoms with Crippen LogP contribution < -0.4 is 4.90 Å². The van der Waals surface area contributed by atoms with Gasteiger partial charge < -0.3 is 14.4 Å². The van der Waals surface area contributed by atoms with Crippen molar-refractivity contribution >= 4 is 11.7 Å². The van der Waals surface area contributed by atoms with E-state index in [1.54, 1.807) is 6.20 Å². The van der Waals surface area contributed by atoms with Gasteiger partial charge in [-0.2, -0.15) is 5.10 Å². The van der Waals surface area contributed by atoms with Gasteiger partial charge in [0.1, 0.15) is 0 Å². The van der Waals surface area contributed by atoms with Crippen molar-refractivity contribution in [1.82, 2.24) is 19.7 Å². The first-order valence-corrected chi connectivity index (χ1v) is 9.71. The summed E-state index contributed by atoms with van der Waals surface area (Å²) in [6.45, 7) is 1.57. The van der Waals surface area contributed by atoms with Crippen LogP contribution in [0.25, 0.3) is 5.69 Å². The molecule has 0 radical (unpaired) electrons. The average Bonchev–Trinajstić information content (AvgIpc) is 3.29. The van der Waals surface area contributed by atoms with Crippen molar-refractivity contribution in [3.63, 3.8) is 0 Å². The second-order valence-corrected chi connectivity index (χ2v) is 7.24. The molecule has 1 aliphatic heterocycles. The normalized spacial score (nSPS) is 14.8. The molecule has 3 heterocycles. The summed E-state index contributed by atoms with van der Waals surface area (Å²) < 4.78 is 2.06. The highest BCUT2D eigenvalue weighted by atomic mass is 16.2. The van der Waals surface area contributed by atoms with Crippen LogP contribution >= 0.6 is 0 Å². The Morgan fingerprint density at radius 2 is 1.79 bits per heavy atom. The largest absolute Gasteiger partial charge is 0.355 e. The molecular weight excluding hydrogens is 350 g/mol. The number of nitrogens with zero attached hydrogens (tertiary/aromatic N) is 5. The molecule has 0 bridgehead atoms. The molecule has 6 heteroatoms. The fourth-order valence-corrected chi connectivity index (χ4v) is 3.75. The number of anilines is 1. The fraction of sp³-hybridized carbons (Fsp3) is 0.318. The molecule has 1 amide bonds. The molecule has 1 fully saturated rings. The van der Waals surface area contributed by atoms with E-state index in [4.69, 9.17) is 0 Å². The van der Waals surface area contributed by atoms with E-state index in [0.717, 1.165) is 43.0 Å². The summed E-state index contributed by atoms with van der Waals surface area (Å²) in [5, 5.41) is 8.14. The van der Waals surface area contributed by atoms with Crippen LogP contribution in [0.15, 0.2) is 67.1 Å². The summed E-state index contributed by atoms with van der Waals surface area (Å²) in [6.07, 6.45) is 8.07. The zero-order valence-corrected chi connectivity index (χ0v) is 16.1. The third kappa shape index (κ3) is 4.06. The number of piperidine rings is 1. The maximum atomic E-state index is 12.7. The Hall–Kier alpha value is -3.15. The van der Waals surface area contributed by atoms with Crippen LogP contribution in [-0.2, 0) is 11.2 Å². The Morgan fingerprint density at radius 3 is 2.43 bits per heavy atom. The first-order valence-electron chi connectivity index (χ1n) is 9.71. The van der Waals surface area contributed by atoms with Crippen LogP contribution in [0.4, 0.5) is 5.82 Å². The number of carbonyl (C=O) groups is 1. The second-order valence-electron chi connectivity index (χ2n) is 7.24. The zero-order chi connectivity index (χ0) is 19.3. The maximum absolute atomic E-state index is 12.7. The Kier molecular flexibility index (Phi) is 5.37. The standard InChI is InChI=1S/C22H25N5O/c1-25(21-5-4-12-23-24-21)19-10-15-27(16-11-19)22(28)17-18-6-8-20(9-7-18)26-13-2-3-14-26/h2-9,12-14,19H,10-11,15-17H2,1H3. The number of likely N-dealkylation sites (tertiary alicyclic amines) is 1. The highest BCUT2D eigenvalue weighted by molar-refractivity contribution is 5.79. The lowest BCUT2D eigenvalue weighted by Gasteiger charge is -2.37. The minimum absolute atomic E-state index is 0.203. The average molecular weight is 375 g/mol. The molecule has 0 spiro atoms. The van der Waals surface area contributed by atoms with Crippen molar-refractivity contribution in [3.8, 4) is 5.69 Å². The number of hydrogen-bond acceptors (Lipinski definition) is 4. The summed E-state index contributed by atoms with van der Waals surface area (Å²) in [5.74, 6) is 1.09. The number of carbonyl (C=O) groups excluding carboxylic acids is 1. The summed E-state index contributed by atoms with van der Waals surface area (Å²) >= 11 is 0. The van der Waals surface area contributed by atoms with Crippen LogP contribution in [0, 0.1) is 0 Å². The van der Waals surface area contributed by atoms with Gasteiger partial charge in [-0.05, 0) is 54.8 Å². The first-order chi connectivity index (χ1) is 13.7. The minimum Gasteiger partial charge on any atom is -0.355 e. The highest BCUT2D eigenvalue weighted by Gasteiger charge is 2.26. The lowest BCUT2D eigenvalue weighted by Crippen LogP contribution is -2.46. The highest BCUT2D eigenvalue weighted by Crippen LogP contribution is 2.20. The van der Waals surface area contributed by atoms with Gasteiger partial charge in [0.25, 0.3) is 0 Å². The molecular formula is C22H25N5O. The van der Waals surface area contributed by atoms with Gasteiger partial charge in [0.05, 0.1) is 6.42 Å². The van der Waals surface area contributed by atoms with E-state index in [0.29, 0.717) is 12.5 Å². The molecule has 0 N–H and O–H groups in total. The van der Waals surface area contributed by atoms with Crippen molar-refractivity contribution < 1.29 is 4.79 Å². The van der Waals surface area contributed by atoms with Crippen molar-refractivity contribution in [3.05, 3.63) is 72.7 Å². The van der Waals surface area contributed by atoms with Gasteiger partial charge in [-0.15, -0.1) is 5.10 Å². The maximum Gasteiger partial charge on any atom is 0.226 e. The predicted octanol–water partition coefficient (Wildman–Crippen LogP) is 2.94. The van der Waals surface area contributed by atoms with Crippen LogP contribution in [0.5, 0.6) is 0 Å². The molecule has 6 nitrogen and oxygen atoms in total. The van der Waals surface area contributed by atoms with Crippen molar-refractivity contribution in [2.75, 3.05) is 25.0 Å². The third-order valence-corrected chi connectivity index (χ3v) is 5.48. The Labute approximate surface area is 165 Å². The van der Waals surface area contributed by atoms with E-state index in [1.807, 2.05) is 53.7 Å². The quantitative estimate of drug-likeness (QED) is 0.688. The van der Waals surface area contributed by atoms with Crippen LogP contribution in [0.1, 0.15) is 18.4 Å². The molecule has 144 valence electrons. The lowest BCUT2D eigenvalue weighted by molar-refractivity contribution is -0.131. The number of rotatable bonds is 5. The van der Waals surface area contributed by atoms with Crippen molar-refractivity contribution in [1.29, 1.82) is 0 Å². The summed E-state index contributed by atoms with van der Waals surface area (Å²) in [5.41, 5.74) is 2.16. The van der Waals surface area contributed by atoms with Gasteiger partial charge in [0, 0.05) is 50.5 Å².